The molecule has 14 heavy (non-hydrogen) atoms. The first-order valence-corrected chi connectivity index (χ1v) is 4.39. The first-order chi connectivity index (χ1) is 6.66. The molecule has 2 nitrogen and oxygen atoms in total. The molecule has 0 heterocycles. The Kier molecular flexibility index (Phi) is 3.56. The van der Waals surface area contributed by atoms with Gasteiger partial charge in [0.15, 0.2) is 11.6 Å². The first kappa shape index (κ1) is 10.6. The van der Waals surface area contributed by atoms with Crippen molar-refractivity contribution >= 4 is 5.91 Å². The normalized spacial score (nSPS) is 9.93. The first-order valence-electron chi connectivity index (χ1n) is 4.39. The van der Waals surface area contributed by atoms with E-state index < -0.39 is 17.5 Å². The van der Waals surface area contributed by atoms with Crippen LogP contribution < -0.4 is 5.32 Å². The molecule has 0 saturated carbocycles. The summed E-state index contributed by atoms with van der Waals surface area (Å²) in [7, 11) is 0. The molecule has 0 aliphatic carbocycles. The summed E-state index contributed by atoms with van der Waals surface area (Å²) in [5.74, 6) is -2.68. The van der Waals surface area contributed by atoms with E-state index in [0.717, 1.165) is 12.5 Å². The van der Waals surface area contributed by atoms with E-state index in [1.807, 2.05) is 6.92 Å². The summed E-state index contributed by atoms with van der Waals surface area (Å²) < 4.78 is 25.8. The van der Waals surface area contributed by atoms with E-state index in [-0.39, 0.29) is 5.56 Å². The van der Waals surface area contributed by atoms with Gasteiger partial charge in [0, 0.05) is 6.54 Å². The molecule has 1 amide bonds. The van der Waals surface area contributed by atoms with Crippen molar-refractivity contribution in [3.8, 4) is 0 Å². The van der Waals surface area contributed by atoms with Crippen molar-refractivity contribution < 1.29 is 13.6 Å². The average Bonchev–Trinajstić information content (AvgIpc) is 2.18. The Morgan fingerprint density at radius 2 is 2.14 bits per heavy atom. The Labute approximate surface area is 80.9 Å². The van der Waals surface area contributed by atoms with Gasteiger partial charge in [0.05, 0.1) is 5.56 Å². The maximum atomic E-state index is 13.0. The highest BCUT2D eigenvalue weighted by Crippen LogP contribution is 2.10. The molecule has 0 fully saturated rings. The van der Waals surface area contributed by atoms with E-state index in [1.165, 1.54) is 12.1 Å². The largest absolute Gasteiger partial charge is 0.352 e. The number of halogens is 2. The number of rotatable bonds is 3. The highest BCUT2D eigenvalue weighted by atomic mass is 19.2. The minimum absolute atomic E-state index is 0.251. The van der Waals surface area contributed by atoms with E-state index >= 15 is 0 Å². The zero-order valence-electron chi connectivity index (χ0n) is 7.81. The minimum atomic E-state index is -1.10. The summed E-state index contributed by atoms with van der Waals surface area (Å²) in [5.41, 5.74) is -0.251. The van der Waals surface area contributed by atoms with Crippen LogP contribution in [0.1, 0.15) is 23.7 Å². The Morgan fingerprint density at radius 1 is 1.43 bits per heavy atom. The lowest BCUT2D eigenvalue weighted by Crippen LogP contribution is -2.25. The van der Waals surface area contributed by atoms with Gasteiger partial charge in [0.1, 0.15) is 0 Å². The molecule has 76 valence electrons. The molecule has 0 atom stereocenters. The number of benzene rings is 1. The summed E-state index contributed by atoms with van der Waals surface area (Å²) >= 11 is 0. The fraction of sp³-hybridized carbons (Fsp3) is 0.300. The van der Waals surface area contributed by atoms with Gasteiger partial charge in [-0.1, -0.05) is 13.0 Å². The molecule has 4 heteroatoms. The fourth-order valence-electron chi connectivity index (χ4n) is 1.01. The number of carbonyl (C=O) groups excluding carboxylic acids is 1. The van der Waals surface area contributed by atoms with Crippen molar-refractivity contribution in [3.05, 3.63) is 35.4 Å². The van der Waals surface area contributed by atoms with Crippen molar-refractivity contribution in [2.45, 2.75) is 13.3 Å². The van der Waals surface area contributed by atoms with Crippen LogP contribution in [0.5, 0.6) is 0 Å². The van der Waals surface area contributed by atoms with Crippen molar-refractivity contribution in [1.29, 1.82) is 0 Å². The van der Waals surface area contributed by atoms with Crippen LogP contribution in [0.3, 0.4) is 0 Å². The number of hydrogen-bond donors (Lipinski definition) is 1. The van der Waals surface area contributed by atoms with Crippen molar-refractivity contribution in [1.82, 2.24) is 5.32 Å². The van der Waals surface area contributed by atoms with Crippen LogP contribution >= 0.6 is 0 Å². The second kappa shape index (κ2) is 4.69. The van der Waals surface area contributed by atoms with E-state index in [9.17, 15) is 13.6 Å². The molecule has 0 radical (unpaired) electrons. The van der Waals surface area contributed by atoms with Gasteiger partial charge >= 0.3 is 0 Å². The molecule has 0 spiro atoms. The lowest BCUT2D eigenvalue weighted by Gasteiger charge is -2.04. The van der Waals surface area contributed by atoms with Crippen LogP contribution in [0.15, 0.2) is 18.2 Å². The Bertz CT molecular complexity index is 339. The number of nitrogens with one attached hydrogen (secondary N) is 1. The Hall–Kier alpha value is -1.45. The number of carbonyl (C=O) groups is 1. The number of amides is 1. The standard InChI is InChI=1S/C10H11F2NO/c1-2-6-13-10(14)7-4-3-5-8(11)9(7)12/h3-5H,2,6H2,1H3,(H,13,14). The summed E-state index contributed by atoms with van der Waals surface area (Å²) in [6.45, 7) is 2.33. The average molecular weight is 199 g/mol. The van der Waals surface area contributed by atoms with Crippen molar-refractivity contribution in [2.24, 2.45) is 0 Å². The van der Waals surface area contributed by atoms with Crippen LogP contribution in [0.2, 0.25) is 0 Å². The van der Waals surface area contributed by atoms with Crippen molar-refractivity contribution in [2.75, 3.05) is 6.54 Å². The lowest BCUT2D eigenvalue weighted by molar-refractivity contribution is 0.0948. The second-order valence-electron chi connectivity index (χ2n) is 2.86. The molecule has 0 aromatic heterocycles. The molecule has 0 saturated heterocycles. The molecule has 1 aromatic carbocycles. The second-order valence-corrected chi connectivity index (χ2v) is 2.86. The molecule has 0 unspecified atom stereocenters. The van der Waals surface area contributed by atoms with Gasteiger partial charge in [-0.3, -0.25) is 4.79 Å². The molecule has 0 aliphatic rings. The van der Waals surface area contributed by atoms with Gasteiger partial charge in [0.2, 0.25) is 0 Å². The Balaban J connectivity index is 2.84. The summed E-state index contributed by atoms with van der Waals surface area (Å²) in [6.07, 6.45) is 0.753. The topological polar surface area (TPSA) is 29.1 Å². The van der Waals surface area contributed by atoms with Gasteiger partial charge in [-0.05, 0) is 18.6 Å². The van der Waals surface area contributed by atoms with Crippen molar-refractivity contribution in [3.63, 3.8) is 0 Å². The smallest absolute Gasteiger partial charge is 0.254 e. The van der Waals surface area contributed by atoms with Gasteiger partial charge < -0.3 is 5.32 Å². The predicted octanol–water partition coefficient (Wildman–Crippen LogP) is 2.10. The zero-order valence-corrected chi connectivity index (χ0v) is 7.81. The molecular weight excluding hydrogens is 188 g/mol. The molecule has 1 aromatic rings. The van der Waals surface area contributed by atoms with E-state index in [0.29, 0.717) is 6.54 Å². The molecule has 1 rings (SSSR count). The van der Waals surface area contributed by atoms with E-state index in [1.54, 1.807) is 0 Å². The fourth-order valence-corrected chi connectivity index (χ4v) is 1.01. The van der Waals surface area contributed by atoms with Gasteiger partial charge in [-0.2, -0.15) is 0 Å². The highest BCUT2D eigenvalue weighted by molar-refractivity contribution is 5.94. The van der Waals surface area contributed by atoms with Gasteiger partial charge in [-0.25, -0.2) is 8.78 Å². The minimum Gasteiger partial charge on any atom is -0.352 e. The summed E-state index contributed by atoms with van der Waals surface area (Å²) in [4.78, 5) is 11.3. The van der Waals surface area contributed by atoms with Crippen LogP contribution in [0, 0.1) is 11.6 Å². The van der Waals surface area contributed by atoms with Gasteiger partial charge in [-0.15, -0.1) is 0 Å². The van der Waals surface area contributed by atoms with Gasteiger partial charge in [0.25, 0.3) is 5.91 Å². The highest BCUT2D eigenvalue weighted by Gasteiger charge is 2.13. The number of hydrogen-bond acceptors (Lipinski definition) is 1. The van der Waals surface area contributed by atoms with Crippen LogP contribution in [-0.4, -0.2) is 12.5 Å². The van der Waals surface area contributed by atoms with Crippen LogP contribution in [-0.2, 0) is 0 Å². The monoisotopic (exact) mass is 199 g/mol. The third-order valence-corrected chi connectivity index (χ3v) is 1.73. The lowest BCUT2D eigenvalue weighted by atomic mass is 10.2. The quantitative estimate of drug-likeness (QED) is 0.793. The zero-order chi connectivity index (χ0) is 10.6. The maximum absolute atomic E-state index is 13.0. The van der Waals surface area contributed by atoms with Crippen LogP contribution in [0.4, 0.5) is 8.78 Å². The molecule has 0 aliphatic heterocycles. The maximum Gasteiger partial charge on any atom is 0.254 e. The SMILES string of the molecule is CCCNC(=O)c1cccc(F)c1F. The molecule has 0 bridgehead atoms. The van der Waals surface area contributed by atoms with E-state index in [2.05, 4.69) is 5.32 Å². The Morgan fingerprint density at radius 3 is 2.79 bits per heavy atom. The molecular formula is C10H11F2NO. The third kappa shape index (κ3) is 2.28. The third-order valence-electron chi connectivity index (χ3n) is 1.73. The molecule has 1 N–H and O–H groups in total. The van der Waals surface area contributed by atoms with Crippen LogP contribution in [0.25, 0.3) is 0 Å². The summed E-state index contributed by atoms with van der Waals surface area (Å²) in [6, 6.07) is 3.54. The predicted molar refractivity (Wildman–Crippen MR) is 49.0 cm³/mol. The van der Waals surface area contributed by atoms with E-state index in [4.69, 9.17) is 0 Å². The summed E-state index contributed by atoms with van der Waals surface area (Å²) in [5, 5.41) is 2.47.